The van der Waals surface area contributed by atoms with Crippen LogP contribution in [-0.4, -0.2) is 24.6 Å². The zero-order valence-corrected chi connectivity index (χ0v) is 13.6. The van der Waals surface area contributed by atoms with Crippen LogP contribution in [-0.2, 0) is 9.53 Å². The minimum atomic E-state index is -0.485. The van der Waals surface area contributed by atoms with Gasteiger partial charge < -0.3 is 14.6 Å². The topological polar surface area (TPSA) is 55.8 Å². The lowest BCUT2D eigenvalue weighted by atomic mass is 10.0. The fourth-order valence-electron chi connectivity index (χ4n) is 1.75. The number of carbonyl (C=O) groups is 1. The number of aliphatic hydroxyl groups is 1. The molecule has 5 heteroatoms. The van der Waals surface area contributed by atoms with Crippen LogP contribution in [0.2, 0.25) is 5.02 Å². The first-order valence-corrected chi connectivity index (χ1v) is 7.05. The number of methoxy groups -OCH3 is 1. The number of hydrogen-bond donors (Lipinski definition) is 1. The average molecular weight is 323 g/mol. The Bertz CT molecular complexity index is 630. The number of hydrogen-bond acceptors (Lipinski definition) is 4. The first-order valence-electron chi connectivity index (χ1n) is 6.67. The van der Waals surface area contributed by atoms with Crippen LogP contribution < -0.4 is 4.74 Å². The molecule has 0 fully saturated rings. The second-order valence-electron chi connectivity index (χ2n) is 4.45. The summed E-state index contributed by atoms with van der Waals surface area (Å²) in [4.78, 5) is 11.9. The molecule has 0 aliphatic carbocycles. The number of aliphatic hydroxyl groups excluding tert-OH is 1. The molecule has 1 aromatic carbocycles. The van der Waals surface area contributed by atoms with Gasteiger partial charge in [-0.2, -0.15) is 0 Å². The third-order valence-corrected chi connectivity index (χ3v) is 3.26. The Balaban J connectivity index is 3.08. The minimum Gasteiger partial charge on any atom is -0.515 e. The number of halogens is 1. The third-order valence-electron chi connectivity index (χ3n) is 2.96. The molecule has 118 valence electrons. The van der Waals surface area contributed by atoms with Crippen molar-refractivity contribution in [1.29, 1.82) is 0 Å². The first kappa shape index (κ1) is 17.9. The van der Waals surface area contributed by atoms with Crippen LogP contribution in [0, 0.1) is 0 Å². The van der Waals surface area contributed by atoms with Crippen LogP contribution in [0.4, 0.5) is 0 Å². The number of carbonyl (C=O) groups excluding carboxylic acids is 1. The van der Waals surface area contributed by atoms with Crippen molar-refractivity contribution in [3.05, 3.63) is 59.0 Å². The quantitative estimate of drug-likeness (QED) is 0.461. The van der Waals surface area contributed by atoms with Crippen LogP contribution in [0.1, 0.15) is 19.4 Å². The van der Waals surface area contributed by atoms with E-state index in [1.165, 1.54) is 7.11 Å². The van der Waals surface area contributed by atoms with Gasteiger partial charge in [-0.1, -0.05) is 24.2 Å². The number of allylic oxidation sites excluding steroid dienone is 3. The van der Waals surface area contributed by atoms with E-state index in [0.717, 1.165) is 17.4 Å². The van der Waals surface area contributed by atoms with E-state index in [9.17, 15) is 9.90 Å². The van der Waals surface area contributed by atoms with E-state index in [2.05, 4.69) is 6.58 Å². The van der Waals surface area contributed by atoms with Gasteiger partial charge in [-0.05, 0) is 43.2 Å². The maximum atomic E-state index is 11.9. The van der Waals surface area contributed by atoms with Crippen molar-refractivity contribution in [2.75, 3.05) is 13.7 Å². The molecule has 0 aromatic heterocycles. The standard InChI is InChI=1S/C17H19ClO4/c1-5-22-16-7-6-13(9-15(16)18)11(2)8-14(10-19)17(20)12(3)21-4/h6-10,19H,3,5H2,1-2,4H3/b11-8+,14-10?. The summed E-state index contributed by atoms with van der Waals surface area (Å²) in [6.07, 6.45) is 2.27. The number of benzene rings is 1. The molecule has 0 spiro atoms. The van der Waals surface area contributed by atoms with E-state index in [-0.39, 0.29) is 11.3 Å². The number of rotatable bonds is 7. The third kappa shape index (κ3) is 4.40. The Kier molecular flexibility index (Phi) is 6.73. The van der Waals surface area contributed by atoms with E-state index >= 15 is 0 Å². The van der Waals surface area contributed by atoms with Crippen molar-refractivity contribution in [3.63, 3.8) is 0 Å². The van der Waals surface area contributed by atoms with E-state index < -0.39 is 5.78 Å². The van der Waals surface area contributed by atoms with Gasteiger partial charge in [0.05, 0.1) is 30.6 Å². The molecule has 1 rings (SSSR count). The van der Waals surface area contributed by atoms with Crippen molar-refractivity contribution < 1.29 is 19.4 Å². The number of Topliss-reactive ketones (excluding diaryl/α,β-unsaturated/α-hetero) is 1. The molecule has 0 bridgehead atoms. The summed E-state index contributed by atoms with van der Waals surface area (Å²) in [7, 11) is 1.35. The molecule has 0 saturated heterocycles. The maximum Gasteiger partial charge on any atom is 0.229 e. The van der Waals surface area contributed by atoms with Crippen molar-refractivity contribution in [3.8, 4) is 5.75 Å². The van der Waals surface area contributed by atoms with Crippen LogP contribution in [0.15, 0.2) is 48.4 Å². The van der Waals surface area contributed by atoms with E-state index in [1.807, 2.05) is 13.0 Å². The number of ether oxygens (including phenoxy) is 2. The lowest BCUT2D eigenvalue weighted by Crippen LogP contribution is -2.06. The first-order chi connectivity index (χ1) is 10.4. The van der Waals surface area contributed by atoms with Crippen LogP contribution in [0.3, 0.4) is 0 Å². The predicted molar refractivity (Wildman–Crippen MR) is 88.1 cm³/mol. The highest BCUT2D eigenvalue weighted by Gasteiger charge is 2.13. The second kappa shape index (κ2) is 8.29. The Hall–Kier alpha value is -2.20. The molecule has 4 nitrogen and oxygen atoms in total. The zero-order chi connectivity index (χ0) is 16.7. The molecular weight excluding hydrogens is 304 g/mol. The number of ketones is 1. The van der Waals surface area contributed by atoms with Gasteiger partial charge in [0.15, 0.2) is 5.76 Å². The molecule has 1 aromatic rings. The van der Waals surface area contributed by atoms with Crippen LogP contribution >= 0.6 is 11.6 Å². The Morgan fingerprint density at radius 1 is 1.45 bits per heavy atom. The van der Waals surface area contributed by atoms with Gasteiger partial charge >= 0.3 is 0 Å². The van der Waals surface area contributed by atoms with Crippen molar-refractivity contribution in [2.24, 2.45) is 0 Å². The molecule has 0 radical (unpaired) electrons. The average Bonchev–Trinajstić information content (AvgIpc) is 2.52. The highest BCUT2D eigenvalue weighted by Crippen LogP contribution is 2.29. The summed E-state index contributed by atoms with van der Waals surface area (Å²) < 4.78 is 10.2. The summed E-state index contributed by atoms with van der Waals surface area (Å²) in [5.41, 5.74) is 1.64. The van der Waals surface area contributed by atoms with Gasteiger partial charge in [0, 0.05) is 0 Å². The summed E-state index contributed by atoms with van der Waals surface area (Å²) in [6.45, 7) is 7.69. The molecule has 0 unspecified atom stereocenters. The maximum absolute atomic E-state index is 11.9. The minimum absolute atomic E-state index is 0.0472. The van der Waals surface area contributed by atoms with E-state index in [4.69, 9.17) is 21.1 Å². The van der Waals surface area contributed by atoms with Crippen LogP contribution in [0.25, 0.3) is 5.57 Å². The van der Waals surface area contributed by atoms with Crippen molar-refractivity contribution in [2.45, 2.75) is 13.8 Å². The van der Waals surface area contributed by atoms with Gasteiger partial charge in [-0.25, -0.2) is 0 Å². The Labute approximate surface area is 135 Å². The largest absolute Gasteiger partial charge is 0.515 e. The normalized spacial score (nSPS) is 12.0. The lowest BCUT2D eigenvalue weighted by Gasteiger charge is -2.09. The molecule has 22 heavy (non-hydrogen) atoms. The fourth-order valence-corrected chi connectivity index (χ4v) is 1.99. The summed E-state index contributed by atoms with van der Waals surface area (Å²) in [6, 6.07) is 5.33. The monoisotopic (exact) mass is 322 g/mol. The summed E-state index contributed by atoms with van der Waals surface area (Å²) >= 11 is 6.14. The fraction of sp³-hybridized carbons (Fsp3) is 0.235. The van der Waals surface area contributed by atoms with E-state index in [0.29, 0.717) is 17.4 Å². The Morgan fingerprint density at radius 3 is 2.64 bits per heavy atom. The van der Waals surface area contributed by atoms with Crippen molar-refractivity contribution in [1.82, 2.24) is 0 Å². The molecule has 0 aliphatic heterocycles. The van der Waals surface area contributed by atoms with Gasteiger partial charge in [-0.15, -0.1) is 0 Å². The molecule has 0 saturated carbocycles. The van der Waals surface area contributed by atoms with Gasteiger partial charge in [0.1, 0.15) is 5.75 Å². The van der Waals surface area contributed by atoms with Crippen molar-refractivity contribution >= 4 is 23.0 Å². The lowest BCUT2D eigenvalue weighted by molar-refractivity contribution is -0.114. The highest BCUT2D eigenvalue weighted by atomic mass is 35.5. The van der Waals surface area contributed by atoms with Gasteiger partial charge in [0.25, 0.3) is 0 Å². The summed E-state index contributed by atoms with van der Waals surface area (Å²) in [5.74, 6) is 0.0675. The van der Waals surface area contributed by atoms with E-state index in [1.54, 1.807) is 25.1 Å². The second-order valence-corrected chi connectivity index (χ2v) is 4.85. The summed E-state index contributed by atoms with van der Waals surface area (Å²) in [5, 5.41) is 9.72. The molecule has 0 amide bonds. The predicted octanol–water partition coefficient (Wildman–Crippen LogP) is 4.31. The highest BCUT2D eigenvalue weighted by molar-refractivity contribution is 6.32. The van der Waals surface area contributed by atoms with Gasteiger partial charge in [-0.3, -0.25) is 4.79 Å². The molecule has 1 N–H and O–H groups in total. The zero-order valence-electron chi connectivity index (χ0n) is 12.9. The Morgan fingerprint density at radius 2 is 2.14 bits per heavy atom. The molecular formula is C17H19ClO4. The smallest absolute Gasteiger partial charge is 0.229 e. The van der Waals surface area contributed by atoms with Gasteiger partial charge in [0.2, 0.25) is 5.78 Å². The van der Waals surface area contributed by atoms with Crippen LogP contribution in [0.5, 0.6) is 5.75 Å². The molecule has 0 heterocycles. The molecule has 0 aliphatic rings. The SMILES string of the molecule is C=C(OC)C(=O)C(=CO)/C=C(\C)c1ccc(OCC)c(Cl)c1. The molecule has 0 atom stereocenters.